The van der Waals surface area contributed by atoms with Crippen molar-refractivity contribution in [2.75, 3.05) is 58.9 Å². The second kappa shape index (κ2) is 13.8. The molecule has 2 unspecified atom stereocenters. The number of carbonyl (C=O) groups is 2. The van der Waals surface area contributed by atoms with Gasteiger partial charge in [0.15, 0.2) is 0 Å². The van der Waals surface area contributed by atoms with Gasteiger partial charge in [0.2, 0.25) is 11.8 Å². The van der Waals surface area contributed by atoms with Crippen LogP contribution in [-0.4, -0.2) is 85.4 Å². The van der Waals surface area contributed by atoms with Gasteiger partial charge in [0.25, 0.3) is 0 Å². The zero-order valence-electron chi connectivity index (χ0n) is 18.8. The smallest absolute Gasteiger partial charge is 0.222 e. The fourth-order valence-electron chi connectivity index (χ4n) is 5.01. The van der Waals surface area contributed by atoms with Crippen LogP contribution in [0.2, 0.25) is 0 Å². The van der Waals surface area contributed by atoms with E-state index in [4.69, 9.17) is 0 Å². The number of halogens is 2. The number of carbonyl (C=O) groups excluding carboxylic acids is 2. The highest BCUT2D eigenvalue weighted by Gasteiger charge is 2.29. The minimum atomic E-state index is 0. The molecule has 1 N–H and O–H groups in total. The van der Waals surface area contributed by atoms with Crippen LogP contribution < -0.4 is 5.32 Å². The Balaban J connectivity index is 0.00000225. The Morgan fingerprint density at radius 1 is 0.933 bits per heavy atom. The molecule has 176 valence electrons. The summed E-state index contributed by atoms with van der Waals surface area (Å²) >= 11 is 0. The summed E-state index contributed by atoms with van der Waals surface area (Å²) in [6.07, 6.45) is 5.78. The molecule has 3 rings (SSSR count). The normalized spacial score (nSPS) is 24.5. The number of rotatable bonds is 6. The first-order valence-corrected chi connectivity index (χ1v) is 11.6. The molecule has 2 atom stereocenters. The molecular formula is C22H42Cl2N4O2. The Bertz CT molecular complexity index is 515. The molecule has 8 heteroatoms. The standard InChI is InChI=1S/C22H40N4O2.2ClH/c1-3-24-11-13-26(14-12-24)22(28)16-19-6-9-25(10-7-19)21(27)15-18(2)20-5-4-8-23-17-20;;/h18-20,23H,3-17H2,1-2H3;2*1H. The van der Waals surface area contributed by atoms with Crippen molar-refractivity contribution in [1.82, 2.24) is 20.0 Å². The zero-order valence-corrected chi connectivity index (χ0v) is 20.4. The quantitative estimate of drug-likeness (QED) is 0.656. The van der Waals surface area contributed by atoms with E-state index in [1.807, 2.05) is 9.80 Å². The number of piperidine rings is 2. The third-order valence-corrected chi connectivity index (χ3v) is 7.24. The second-order valence-electron chi connectivity index (χ2n) is 9.13. The van der Waals surface area contributed by atoms with Gasteiger partial charge in [-0.05, 0) is 63.1 Å². The molecule has 3 aliphatic rings. The summed E-state index contributed by atoms with van der Waals surface area (Å²) in [5.74, 6) is 2.18. The van der Waals surface area contributed by atoms with Crippen LogP contribution in [0, 0.1) is 17.8 Å². The van der Waals surface area contributed by atoms with Gasteiger partial charge in [0.1, 0.15) is 0 Å². The van der Waals surface area contributed by atoms with Gasteiger partial charge in [-0.2, -0.15) is 0 Å². The third-order valence-electron chi connectivity index (χ3n) is 7.24. The lowest BCUT2D eigenvalue weighted by Crippen LogP contribution is -2.49. The van der Waals surface area contributed by atoms with E-state index in [0.29, 0.717) is 42.4 Å². The second-order valence-corrected chi connectivity index (χ2v) is 9.13. The number of amides is 2. The van der Waals surface area contributed by atoms with E-state index in [2.05, 4.69) is 24.1 Å². The summed E-state index contributed by atoms with van der Waals surface area (Å²) in [5.41, 5.74) is 0. The van der Waals surface area contributed by atoms with Gasteiger partial charge in [0, 0.05) is 52.1 Å². The SMILES string of the molecule is CCN1CCN(C(=O)CC2CCN(C(=O)CC(C)C3CCCNC3)CC2)CC1.Cl.Cl. The summed E-state index contributed by atoms with van der Waals surface area (Å²) in [4.78, 5) is 31.8. The molecule has 0 bridgehead atoms. The van der Waals surface area contributed by atoms with Crippen LogP contribution in [-0.2, 0) is 9.59 Å². The highest BCUT2D eigenvalue weighted by molar-refractivity contribution is 5.85. The summed E-state index contributed by atoms with van der Waals surface area (Å²) in [5, 5.41) is 3.46. The molecule has 0 radical (unpaired) electrons. The minimum absolute atomic E-state index is 0. The summed E-state index contributed by atoms with van der Waals surface area (Å²) in [6.45, 7) is 13.1. The Morgan fingerprint density at radius 3 is 2.13 bits per heavy atom. The van der Waals surface area contributed by atoms with E-state index >= 15 is 0 Å². The highest BCUT2D eigenvalue weighted by atomic mass is 35.5. The van der Waals surface area contributed by atoms with Gasteiger partial charge in [-0.3, -0.25) is 9.59 Å². The Morgan fingerprint density at radius 2 is 1.57 bits per heavy atom. The number of nitrogens with zero attached hydrogens (tertiary/aromatic N) is 3. The predicted molar refractivity (Wildman–Crippen MR) is 126 cm³/mol. The summed E-state index contributed by atoms with van der Waals surface area (Å²) < 4.78 is 0. The fraction of sp³-hybridized carbons (Fsp3) is 0.909. The van der Waals surface area contributed by atoms with Crippen LogP contribution >= 0.6 is 24.8 Å². The number of likely N-dealkylation sites (N-methyl/N-ethyl adjacent to an activating group) is 1. The molecule has 6 nitrogen and oxygen atoms in total. The van der Waals surface area contributed by atoms with Gasteiger partial charge in [0.05, 0.1) is 0 Å². The zero-order chi connectivity index (χ0) is 19.9. The van der Waals surface area contributed by atoms with Crippen molar-refractivity contribution >= 4 is 36.6 Å². The molecule has 3 fully saturated rings. The van der Waals surface area contributed by atoms with Crippen molar-refractivity contribution in [3.05, 3.63) is 0 Å². The first-order valence-electron chi connectivity index (χ1n) is 11.6. The van der Waals surface area contributed by atoms with Crippen LogP contribution in [0.3, 0.4) is 0 Å². The first-order chi connectivity index (χ1) is 13.6. The molecule has 3 heterocycles. The van der Waals surface area contributed by atoms with Crippen LogP contribution in [0.25, 0.3) is 0 Å². The Hall–Kier alpha value is -0.560. The molecule has 0 saturated carbocycles. The van der Waals surface area contributed by atoms with Crippen LogP contribution in [0.4, 0.5) is 0 Å². The topological polar surface area (TPSA) is 55.9 Å². The average Bonchev–Trinajstić information content (AvgIpc) is 2.74. The van der Waals surface area contributed by atoms with Crippen molar-refractivity contribution < 1.29 is 9.59 Å². The van der Waals surface area contributed by atoms with Crippen molar-refractivity contribution in [2.24, 2.45) is 17.8 Å². The first kappa shape index (κ1) is 27.5. The van der Waals surface area contributed by atoms with Gasteiger partial charge in [-0.1, -0.05) is 13.8 Å². The summed E-state index contributed by atoms with van der Waals surface area (Å²) in [7, 11) is 0. The maximum Gasteiger partial charge on any atom is 0.222 e. The summed E-state index contributed by atoms with van der Waals surface area (Å²) in [6, 6.07) is 0. The molecule has 2 amide bonds. The van der Waals surface area contributed by atoms with Gasteiger partial charge in [-0.25, -0.2) is 0 Å². The molecule has 0 aromatic rings. The molecule has 0 spiro atoms. The number of piperazine rings is 1. The van der Waals surface area contributed by atoms with Crippen LogP contribution in [0.5, 0.6) is 0 Å². The predicted octanol–water partition coefficient (Wildman–Crippen LogP) is 2.65. The lowest BCUT2D eigenvalue weighted by atomic mass is 9.85. The maximum absolute atomic E-state index is 12.7. The number of hydrogen-bond acceptors (Lipinski definition) is 4. The average molecular weight is 466 g/mol. The van der Waals surface area contributed by atoms with E-state index in [0.717, 1.165) is 71.7 Å². The van der Waals surface area contributed by atoms with E-state index in [-0.39, 0.29) is 24.8 Å². The largest absolute Gasteiger partial charge is 0.343 e. The van der Waals surface area contributed by atoms with Crippen LogP contribution in [0.1, 0.15) is 52.4 Å². The highest BCUT2D eigenvalue weighted by Crippen LogP contribution is 2.26. The third kappa shape index (κ3) is 7.85. The van der Waals surface area contributed by atoms with Gasteiger partial charge in [-0.15, -0.1) is 24.8 Å². The van der Waals surface area contributed by atoms with E-state index in [1.54, 1.807) is 0 Å². The van der Waals surface area contributed by atoms with Crippen molar-refractivity contribution in [3.8, 4) is 0 Å². The molecule has 3 saturated heterocycles. The molecule has 30 heavy (non-hydrogen) atoms. The lowest BCUT2D eigenvalue weighted by molar-refractivity contribution is -0.135. The Labute approximate surface area is 195 Å². The van der Waals surface area contributed by atoms with Crippen molar-refractivity contribution in [2.45, 2.75) is 52.4 Å². The van der Waals surface area contributed by atoms with E-state index in [1.165, 1.54) is 12.8 Å². The number of nitrogens with one attached hydrogen (secondary N) is 1. The van der Waals surface area contributed by atoms with Crippen molar-refractivity contribution in [3.63, 3.8) is 0 Å². The molecule has 3 aliphatic heterocycles. The minimum Gasteiger partial charge on any atom is -0.343 e. The fourth-order valence-corrected chi connectivity index (χ4v) is 5.01. The molecule has 0 aromatic heterocycles. The van der Waals surface area contributed by atoms with E-state index in [9.17, 15) is 9.59 Å². The molecular weight excluding hydrogens is 423 g/mol. The van der Waals surface area contributed by atoms with Gasteiger partial charge < -0.3 is 20.0 Å². The number of likely N-dealkylation sites (tertiary alicyclic amines) is 1. The lowest BCUT2D eigenvalue weighted by Gasteiger charge is -2.37. The van der Waals surface area contributed by atoms with Gasteiger partial charge >= 0.3 is 0 Å². The van der Waals surface area contributed by atoms with Crippen LogP contribution in [0.15, 0.2) is 0 Å². The van der Waals surface area contributed by atoms with E-state index < -0.39 is 0 Å². The molecule has 0 aliphatic carbocycles. The number of hydrogen-bond donors (Lipinski definition) is 1. The Kier molecular flexibility index (Phi) is 12.6. The van der Waals surface area contributed by atoms with Crippen molar-refractivity contribution in [1.29, 1.82) is 0 Å². The monoisotopic (exact) mass is 464 g/mol. The maximum atomic E-state index is 12.7. The molecule has 0 aromatic carbocycles.